The Morgan fingerprint density at radius 2 is 1.82 bits per heavy atom. The van der Waals surface area contributed by atoms with Crippen molar-refractivity contribution in [1.29, 1.82) is 0 Å². The second-order valence-corrected chi connectivity index (χ2v) is 9.97. The minimum atomic E-state index is -3.66. The number of para-hydroxylation sites is 2. The molecule has 3 aromatic rings. The summed E-state index contributed by atoms with van der Waals surface area (Å²) < 4.78 is 27.9. The molecule has 0 unspecified atom stereocenters. The zero-order chi connectivity index (χ0) is 24.2. The first-order valence-corrected chi connectivity index (χ1v) is 12.7. The third-order valence-corrected chi connectivity index (χ3v) is 6.73. The van der Waals surface area contributed by atoms with Crippen molar-refractivity contribution in [3.8, 4) is 5.69 Å². The number of benzene rings is 2. The van der Waals surface area contributed by atoms with Gasteiger partial charge in [0.2, 0.25) is 10.0 Å². The maximum absolute atomic E-state index is 12.5. The van der Waals surface area contributed by atoms with Crippen LogP contribution in [0, 0.1) is 13.8 Å². The number of sulfonamides is 1. The van der Waals surface area contributed by atoms with Crippen LogP contribution in [0.4, 0.5) is 5.69 Å². The highest BCUT2D eigenvalue weighted by molar-refractivity contribution is 7.92. The van der Waals surface area contributed by atoms with E-state index < -0.39 is 15.9 Å². The van der Waals surface area contributed by atoms with Crippen molar-refractivity contribution >= 4 is 39.4 Å². The predicted molar refractivity (Wildman–Crippen MR) is 134 cm³/mol. The Labute approximate surface area is 199 Å². The fourth-order valence-electron chi connectivity index (χ4n) is 3.70. The lowest BCUT2D eigenvalue weighted by molar-refractivity contribution is -0.119. The number of carbonyl (C=O) groups excluding carboxylic acids is 1. The van der Waals surface area contributed by atoms with Gasteiger partial charge in [-0.25, -0.2) is 13.8 Å². The molecule has 0 radical (unpaired) electrons. The van der Waals surface area contributed by atoms with Crippen molar-refractivity contribution in [2.45, 2.75) is 27.2 Å². The molecule has 0 aliphatic rings. The van der Waals surface area contributed by atoms with Crippen LogP contribution in [0.1, 0.15) is 29.4 Å². The summed E-state index contributed by atoms with van der Waals surface area (Å²) in [7, 11) is -3.66. The molecule has 0 saturated carbocycles. The number of aryl methyl sites for hydroxylation is 2. The molecule has 1 heterocycles. The Bertz CT molecular complexity index is 1300. The van der Waals surface area contributed by atoms with Crippen molar-refractivity contribution in [2.75, 3.05) is 17.1 Å². The lowest BCUT2D eigenvalue weighted by Gasteiger charge is -2.23. The molecule has 2 aromatic carbocycles. The highest BCUT2D eigenvalue weighted by atomic mass is 35.5. The Hall–Kier alpha value is -3.10. The molecular formula is C24H27ClN4O3S. The monoisotopic (exact) mass is 486 g/mol. The first-order chi connectivity index (χ1) is 15.6. The zero-order valence-electron chi connectivity index (χ0n) is 19.0. The number of nitrogens with zero attached hydrogens (tertiary/aromatic N) is 3. The van der Waals surface area contributed by atoms with Gasteiger partial charge in [0, 0.05) is 17.0 Å². The number of hydrazone groups is 1. The third kappa shape index (κ3) is 5.64. The van der Waals surface area contributed by atoms with E-state index in [0.717, 1.165) is 38.8 Å². The van der Waals surface area contributed by atoms with Crippen LogP contribution in [0.25, 0.3) is 5.69 Å². The van der Waals surface area contributed by atoms with Crippen LogP contribution in [0.15, 0.2) is 59.7 Å². The van der Waals surface area contributed by atoms with E-state index in [9.17, 15) is 13.2 Å². The predicted octanol–water partition coefficient (Wildman–Crippen LogP) is 4.23. The fourth-order valence-corrected chi connectivity index (χ4v) is 4.80. The van der Waals surface area contributed by atoms with Crippen LogP contribution < -0.4 is 9.73 Å². The summed E-state index contributed by atoms with van der Waals surface area (Å²) in [6, 6.07) is 16.6. The van der Waals surface area contributed by atoms with Crippen molar-refractivity contribution in [1.82, 2.24) is 9.99 Å². The molecule has 174 valence electrons. The zero-order valence-corrected chi connectivity index (χ0v) is 20.6. The number of hydrogen-bond donors (Lipinski definition) is 1. The highest BCUT2D eigenvalue weighted by Gasteiger charge is 2.22. The summed E-state index contributed by atoms with van der Waals surface area (Å²) >= 11 is 6.35. The largest absolute Gasteiger partial charge is 0.316 e. The number of nitrogens with one attached hydrogen (secondary N) is 1. The highest BCUT2D eigenvalue weighted by Crippen LogP contribution is 2.26. The molecule has 1 amide bonds. The molecule has 0 fully saturated rings. The molecule has 0 aliphatic heterocycles. The standard InChI is InChI=1S/C24H27ClN4O3S/c1-5-19-10-6-8-12-22(19)28(33(4,31)32)16-24(30)27-26-15-20-14-17(2)29(18(20)3)23-13-9-7-11-21(23)25/h6-15H,5,16H2,1-4H3,(H,27,30)/b26-15-. The molecule has 3 rings (SSSR count). The Morgan fingerprint density at radius 3 is 2.48 bits per heavy atom. The number of aromatic nitrogens is 1. The molecule has 0 aliphatic carbocycles. The number of halogens is 1. The normalized spacial score (nSPS) is 11.7. The Kier molecular flexibility index (Phi) is 7.61. The lowest BCUT2D eigenvalue weighted by atomic mass is 10.1. The van der Waals surface area contributed by atoms with E-state index in [1.165, 1.54) is 0 Å². The Morgan fingerprint density at radius 1 is 1.15 bits per heavy atom. The van der Waals surface area contributed by atoms with Crippen LogP contribution >= 0.6 is 11.6 Å². The van der Waals surface area contributed by atoms with E-state index in [2.05, 4.69) is 10.5 Å². The lowest BCUT2D eigenvalue weighted by Crippen LogP contribution is -2.39. The van der Waals surface area contributed by atoms with Crippen molar-refractivity contribution in [3.63, 3.8) is 0 Å². The summed E-state index contributed by atoms with van der Waals surface area (Å²) in [5.74, 6) is -0.539. The number of amides is 1. The van der Waals surface area contributed by atoms with Gasteiger partial charge in [-0.15, -0.1) is 0 Å². The van der Waals surface area contributed by atoms with E-state index >= 15 is 0 Å². The number of rotatable bonds is 8. The first-order valence-electron chi connectivity index (χ1n) is 10.4. The second-order valence-electron chi connectivity index (χ2n) is 7.66. The summed E-state index contributed by atoms with van der Waals surface area (Å²) in [5.41, 5.74) is 7.31. The van der Waals surface area contributed by atoms with E-state index in [0.29, 0.717) is 17.1 Å². The van der Waals surface area contributed by atoms with Gasteiger partial charge in [0.15, 0.2) is 0 Å². The van der Waals surface area contributed by atoms with Gasteiger partial charge >= 0.3 is 0 Å². The van der Waals surface area contributed by atoms with Crippen LogP contribution in [-0.4, -0.2) is 37.9 Å². The van der Waals surface area contributed by atoms with Gasteiger partial charge in [-0.3, -0.25) is 9.10 Å². The average molecular weight is 487 g/mol. The smallest absolute Gasteiger partial charge is 0.260 e. The van der Waals surface area contributed by atoms with Crippen molar-refractivity contribution in [3.05, 3.63) is 82.1 Å². The van der Waals surface area contributed by atoms with Crippen LogP contribution in [0.2, 0.25) is 5.02 Å². The number of anilines is 1. The van der Waals surface area contributed by atoms with E-state index in [1.54, 1.807) is 18.3 Å². The van der Waals surface area contributed by atoms with Gasteiger partial charge in [0.05, 0.1) is 28.9 Å². The molecule has 0 spiro atoms. The molecule has 33 heavy (non-hydrogen) atoms. The first kappa shape index (κ1) is 24.5. The van der Waals surface area contributed by atoms with Gasteiger partial charge in [-0.1, -0.05) is 48.9 Å². The summed E-state index contributed by atoms with van der Waals surface area (Å²) in [4.78, 5) is 12.5. The molecule has 0 bridgehead atoms. The summed E-state index contributed by atoms with van der Waals surface area (Å²) in [5, 5.41) is 4.68. The van der Waals surface area contributed by atoms with Gasteiger partial charge < -0.3 is 4.57 Å². The maximum atomic E-state index is 12.5. The molecule has 1 N–H and O–H groups in total. The van der Waals surface area contributed by atoms with Gasteiger partial charge in [-0.2, -0.15) is 5.10 Å². The van der Waals surface area contributed by atoms with Crippen molar-refractivity contribution in [2.24, 2.45) is 5.10 Å². The van der Waals surface area contributed by atoms with E-state index in [-0.39, 0.29) is 6.54 Å². The Balaban J connectivity index is 1.77. The quantitative estimate of drug-likeness (QED) is 0.382. The van der Waals surface area contributed by atoms with E-state index in [1.807, 2.05) is 67.8 Å². The minimum absolute atomic E-state index is 0.369. The molecule has 1 aromatic heterocycles. The van der Waals surface area contributed by atoms with Gasteiger partial charge in [0.1, 0.15) is 6.54 Å². The van der Waals surface area contributed by atoms with Gasteiger partial charge in [-0.05, 0) is 50.1 Å². The summed E-state index contributed by atoms with van der Waals surface area (Å²) in [6.07, 6.45) is 3.26. The molecule has 7 nitrogen and oxygen atoms in total. The maximum Gasteiger partial charge on any atom is 0.260 e. The molecule has 9 heteroatoms. The van der Waals surface area contributed by atoms with Gasteiger partial charge in [0.25, 0.3) is 5.91 Å². The fraction of sp³-hybridized carbons (Fsp3) is 0.250. The topological polar surface area (TPSA) is 83.8 Å². The number of carbonyl (C=O) groups is 1. The van der Waals surface area contributed by atoms with Crippen LogP contribution in [-0.2, 0) is 21.2 Å². The van der Waals surface area contributed by atoms with E-state index in [4.69, 9.17) is 11.6 Å². The second kappa shape index (κ2) is 10.2. The van der Waals surface area contributed by atoms with Crippen LogP contribution in [0.3, 0.4) is 0 Å². The summed E-state index contributed by atoms with van der Waals surface area (Å²) in [6.45, 7) is 5.46. The average Bonchev–Trinajstić information content (AvgIpc) is 3.04. The molecule has 0 atom stereocenters. The van der Waals surface area contributed by atoms with Crippen molar-refractivity contribution < 1.29 is 13.2 Å². The SMILES string of the molecule is CCc1ccccc1N(CC(=O)N/N=C\c1cc(C)n(-c2ccccc2Cl)c1C)S(C)(=O)=O. The minimum Gasteiger partial charge on any atom is -0.316 e. The molecular weight excluding hydrogens is 460 g/mol. The third-order valence-electron chi connectivity index (χ3n) is 5.29. The number of hydrogen-bond acceptors (Lipinski definition) is 4. The molecule has 0 saturated heterocycles. The van der Waals surface area contributed by atoms with Crippen LogP contribution in [0.5, 0.6) is 0 Å².